The van der Waals surface area contributed by atoms with E-state index < -0.39 is 18.2 Å². The summed E-state index contributed by atoms with van der Waals surface area (Å²) in [5.41, 5.74) is 1.10. The van der Waals surface area contributed by atoms with E-state index in [4.69, 9.17) is 4.74 Å². The van der Waals surface area contributed by atoms with Gasteiger partial charge in [0.2, 0.25) is 11.8 Å². The van der Waals surface area contributed by atoms with E-state index in [0.717, 1.165) is 37.7 Å². The summed E-state index contributed by atoms with van der Waals surface area (Å²) < 4.78 is 6.96. The Labute approximate surface area is 269 Å². The van der Waals surface area contributed by atoms with Crippen molar-refractivity contribution >= 4 is 11.8 Å². The molecule has 7 nitrogen and oxygen atoms in total. The molecule has 0 bridgehead atoms. The van der Waals surface area contributed by atoms with Crippen LogP contribution in [0.25, 0.3) is 0 Å². The summed E-state index contributed by atoms with van der Waals surface area (Å²) in [5, 5.41) is 26.7. The van der Waals surface area contributed by atoms with Crippen molar-refractivity contribution in [3.8, 4) is 0 Å². The predicted molar refractivity (Wildman–Crippen MR) is 173 cm³/mol. The zero-order chi connectivity index (χ0) is 32.3. The first kappa shape index (κ1) is 31.6. The monoisotopic (exact) mass is 620 g/mol. The highest BCUT2D eigenvalue weighted by Crippen LogP contribution is 2.89. The Hall–Kier alpha value is -1.96. The molecule has 0 radical (unpaired) electrons. The second-order valence-corrected chi connectivity index (χ2v) is 17.3. The lowest BCUT2D eigenvalue weighted by molar-refractivity contribution is -0.183. The fourth-order valence-electron chi connectivity index (χ4n) is 13.2. The molecule has 1 aliphatic heterocycles. The minimum atomic E-state index is -0.769. The van der Waals surface area contributed by atoms with Crippen molar-refractivity contribution in [3.05, 3.63) is 35.9 Å². The number of aliphatic hydroxyl groups excluding tert-OH is 2. The number of rotatable bonds is 5. The third-order valence-corrected chi connectivity index (χ3v) is 15.6. The summed E-state index contributed by atoms with van der Waals surface area (Å²) in [6.07, 6.45) is 6.70. The molecule has 5 unspecified atom stereocenters. The van der Waals surface area contributed by atoms with Crippen LogP contribution < -0.4 is 5.32 Å². The first-order valence-electron chi connectivity index (χ1n) is 17.7. The topological polar surface area (TPSA) is 99.1 Å². The molecule has 6 aliphatic rings. The summed E-state index contributed by atoms with van der Waals surface area (Å²) in [6, 6.07) is 9.04. The number of nitrogens with zero attached hydrogens (tertiary/aromatic N) is 1. The molecule has 2 amide bonds. The van der Waals surface area contributed by atoms with E-state index >= 15 is 0 Å². The number of hydrogen-bond donors (Lipinski definition) is 3. The van der Waals surface area contributed by atoms with E-state index in [2.05, 4.69) is 39.9 Å². The number of aliphatic hydroxyl groups is 2. The van der Waals surface area contributed by atoms with E-state index in [9.17, 15) is 19.8 Å². The summed E-state index contributed by atoms with van der Waals surface area (Å²) in [5.74, 6) is 1.00. The van der Waals surface area contributed by atoms with E-state index in [1.807, 2.05) is 30.3 Å². The first-order valence-corrected chi connectivity index (χ1v) is 17.7. The number of amides is 2. The number of fused-ring (bicyclic) bond motifs is 4. The molecule has 1 aromatic carbocycles. The lowest BCUT2D eigenvalue weighted by Crippen LogP contribution is -2.59. The fraction of sp³-hybridized carbons (Fsp3) is 0.789. The van der Waals surface area contributed by atoms with Crippen LogP contribution in [0, 0.1) is 50.7 Å². The van der Waals surface area contributed by atoms with Crippen molar-refractivity contribution in [2.45, 2.75) is 130 Å². The molecule has 6 fully saturated rings. The maximum Gasteiger partial charge on any atom is 0.245 e. The lowest BCUT2D eigenvalue weighted by atomic mass is 9.41. The van der Waals surface area contributed by atoms with Crippen LogP contribution in [-0.4, -0.2) is 64.4 Å². The van der Waals surface area contributed by atoms with Crippen molar-refractivity contribution in [3.63, 3.8) is 0 Å². The summed E-state index contributed by atoms with van der Waals surface area (Å²) in [7, 11) is 1.69. The zero-order valence-electron chi connectivity index (χ0n) is 28.5. The highest BCUT2D eigenvalue weighted by molar-refractivity contribution is 5.87. The molecule has 2 spiro atoms. The molecular formula is C38H56N2O5. The van der Waals surface area contributed by atoms with E-state index in [-0.39, 0.29) is 62.9 Å². The number of likely N-dealkylation sites (N-methyl/N-ethyl adjacent to an activating group) is 1. The third-order valence-electron chi connectivity index (χ3n) is 15.6. The van der Waals surface area contributed by atoms with Gasteiger partial charge in [-0.25, -0.2) is 0 Å². The van der Waals surface area contributed by atoms with Crippen molar-refractivity contribution in [1.29, 1.82) is 0 Å². The highest BCUT2D eigenvalue weighted by atomic mass is 16.5. The molecule has 45 heavy (non-hydrogen) atoms. The Bertz CT molecular complexity index is 1350. The van der Waals surface area contributed by atoms with Crippen LogP contribution in [0.5, 0.6) is 0 Å². The van der Waals surface area contributed by atoms with Crippen LogP contribution in [0.3, 0.4) is 0 Å². The molecule has 248 valence electrons. The van der Waals surface area contributed by atoms with Crippen molar-refractivity contribution in [1.82, 2.24) is 10.2 Å². The van der Waals surface area contributed by atoms with Gasteiger partial charge >= 0.3 is 0 Å². The number of carbonyl (C=O) groups excluding carboxylic acids is 2. The molecule has 13 atom stereocenters. The number of hydrogen-bond acceptors (Lipinski definition) is 5. The Morgan fingerprint density at radius 2 is 1.67 bits per heavy atom. The maximum atomic E-state index is 13.8. The predicted octanol–water partition coefficient (Wildman–Crippen LogP) is 5.32. The second kappa shape index (κ2) is 10.3. The van der Waals surface area contributed by atoms with Crippen LogP contribution in [0.4, 0.5) is 0 Å². The van der Waals surface area contributed by atoms with Gasteiger partial charge in [-0.15, -0.1) is 0 Å². The Kier molecular flexibility index (Phi) is 7.22. The summed E-state index contributed by atoms with van der Waals surface area (Å²) >= 11 is 0. The summed E-state index contributed by atoms with van der Waals surface area (Å²) in [6.45, 7) is 13.6. The van der Waals surface area contributed by atoms with Crippen molar-refractivity contribution < 1.29 is 24.5 Å². The third kappa shape index (κ3) is 4.05. The standard InChI is InChI=1S/C38H56N2O5/c1-22-19-25(30(40(7)23(2)41)33(44)39-20-24-11-9-8-10-12-24)45-31-29(22)35(5)17-18-38-21-37(38)16-15-28(42)34(3,4)26(37)13-14-27(38)36(35,6)32(31)43/h8-12,22,25-32,42-43H,13-21H2,1-7H3,(H,39,44)/t22-,25?,26+,27?,28?,29+,30?,31?,32+,35-,36-,37-,38+/m1/s1. The van der Waals surface area contributed by atoms with Gasteiger partial charge in [-0.3, -0.25) is 9.59 Å². The normalized spacial score (nSPS) is 48.0. The fourth-order valence-corrected chi connectivity index (χ4v) is 13.2. The minimum Gasteiger partial charge on any atom is -0.393 e. The van der Waals surface area contributed by atoms with Crippen LogP contribution in [0.1, 0.15) is 98.5 Å². The smallest absolute Gasteiger partial charge is 0.245 e. The van der Waals surface area contributed by atoms with Gasteiger partial charge in [-0.05, 0) is 102 Å². The molecular weight excluding hydrogens is 564 g/mol. The quantitative estimate of drug-likeness (QED) is 0.414. The number of ether oxygens (including phenoxy) is 1. The molecule has 1 heterocycles. The van der Waals surface area contributed by atoms with Gasteiger partial charge in [0, 0.05) is 25.9 Å². The molecule has 1 saturated heterocycles. The molecule has 7 rings (SSSR count). The first-order chi connectivity index (χ1) is 21.2. The molecule has 3 N–H and O–H groups in total. The minimum absolute atomic E-state index is 0.0691. The van der Waals surface area contributed by atoms with E-state index in [1.165, 1.54) is 24.7 Å². The number of benzene rings is 1. The molecule has 5 saturated carbocycles. The van der Waals surface area contributed by atoms with Crippen molar-refractivity contribution in [2.75, 3.05) is 7.05 Å². The average Bonchev–Trinajstić information content (AvgIpc) is 3.63. The Morgan fingerprint density at radius 3 is 2.36 bits per heavy atom. The SMILES string of the molecule is CC(=O)N(C)C(C(=O)NCc1ccccc1)C1C[C@@H](C)[C@H]2C(O1)[C@H](O)[C@@]1(C)C3CC[C@H]4C(C)(C)C(O)CC[C@@]45C[C@@]35CC[C@]21C. The molecule has 5 aliphatic carbocycles. The summed E-state index contributed by atoms with van der Waals surface area (Å²) in [4.78, 5) is 28.0. The van der Waals surface area contributed by atoms with Gasteiger partial charge in [0.25, 0.3) is 0 Å². The van der Waals surface area contributed by atoms with E-state index in [0.29, 0.717) is 24.8 Å². The Balaban J connectivity index is 1.17. The molecule has 1 aromatic rings. The molecule has 7 heteroatoms. The van der Waals surface area contributed by atoms with Crippen LogP contribution >= 0.6 is 0 Å². The van der Waals surface area contributed by atoms with Crippen LogP contribution in [-0.2, 0) is 20.9 Å². The van der Waals surface area contributed by atoms with E-state index in [1.54, 1.807) is 7.05 Å². The van der Waals surface area contributed by atoms with Gasteiger partial charge in [-0.1, -0.05) is 65.0 Å². The van der Waals surface area contributed by atoms with Gasteiger partial charge in [0.15, 0.2) is 0 Å². The van der Waals surface area contributed by atoms with Gasteiger partial charge in [0.05, 0.1) is 24.4 Å². The van der Waals surface area contributed by atoms with Gasteiger partial charge in [0.1, 0.15) is 6.04 Å². The van der Waals surface area contributed by atoms with Gasteiger partial charge in [-0.2, -0.15) is 0 Å². The van der Waals surface area contributed by atoms with Crippen LogP contribution in [0.15, 0.2) is 30.3 Å². The second-order valence-electron chi connectivity index (χ2n) is 17.3. The zero-order valence-corrected chi connectivity index (χ0v) is 28.5. The van der Waals surface area contributed by atoms with Crippen molar-refractivity contribution in [2.24, 2.45) is 50.7 Å². The maximum absolute atomic E-state index is 13.8. The average molecular weight is 621 g/mol. The van der Waals surface area contributed by atoms with Gasteiger partial charge < -0.3 is 25.2 Å². The van der Waals surface area contributed by atoms with Crippen LogP contribution in [0.2, 0.25) is 0 Å². The lowest BCUT2D eigenvalue weighted by Gasteiger charge is -2.63. The number of carbonyl (C=O) groups is 2. The molecule has 0 aromatic heterocycles. The number of nitrogens with one attached hydrogen (secondary N) is 1. The highest BCUT2D eigenvalue weighted by Gasteiger charge is 2.84. The largest absolute Gasteiger partial charge is 0.393 e. The Morgan fingerprint density at radius 1 is 1.00 bits per heavy atom.